The quantitative estimate of drug-likeness (QED) is 0.712. The maximum absolute atomic E-state index is 6.73. The molecule has 1 spiro atoms. The molecule has 1 fully saturated rings. The highest BCUT2D eigenvalue weighted by molar-refractivity contribution is 6.04. The summed E-state index contributed by atoms with van der Waals surface area (Å²) in [6.45, 7) is 5.74. The van der Waals surface area contributed by atoms with E-state index in [-0.39, 0.29) is 11.8 Å². The Hall–Kier alpha value is -2.85. The van der Waals surface area contributed by atoms with Gasteiger partial charge in [-0.2, -0.15) is 5.10 Å². The molecule has 3 aromatic carbocycles. The van der Waals surface area contributed by atoms with Crippen LogP contribution in [0.3, 0.4) is 0 Å². The standard InChI is InChI=1S/C26H27N3O/c1-2-28-15-13-26(14-16-28)29-24(22-9-5-6-10-25(22)30-26)18-23(27-29)21-12-11-19-7-3-4-8-20(19)17-21/h3-12,17,24H,2,13-16,18H2,1H3/p+1/t24-/m0/s1. The van der Waals surface area contributed by atoms with E-state index >= 15 is 0 Å². The minimum Gasteiger partial charge on any atom is -0.466 e. The molecule has 3 aromatic rings. The molecular formula is C26H28N3O+. The van der Waals surface area contributed by atoms with Crippen molar-refractivity contribution >= 4 is 16.5 Å². The van der Waals surface area contributed by atoms with Crippen LogP contribution < -0.4 is 9.64 Å². The summed E-state index contributed by atoms with van der Waals surface area (Å²) in [5.74, 6) is 1.05. The van der Waals surface area contributed by atoms with E-state index in [0.717, 1.165) is 38.1 Å². The Morgan fingerprint density at radius 1 is 1.00 bits per heavy atom. The predicted molar refractivity (Wildman–Crippen MR) is 120 cm³/mol. The van der Waals surface area contributed by atoms with Crippen LogP contribution in [0.2, 0.25) is 0 Å². The second-order valence-corrected chi connectivity index (χ2v) is 8.86. The highest BCUT2D eigenvalue weighted by atomic mass is 16.5. The van der Waals surface area contributed by atoms with Crippen LogP contribution in [0.5, 0.6) is 5.75 Å². The first-order chi connectivity index (χ1) is 14.8. The summed E-state index contributed by atoms with van der Waals surface area (Å²) in [6, 6.07) is 24.1. The first-order valence-corrected chi connectivity index (χ1v) is 11.2. The van der Waals surface area contributed by atoms with Gasteiger partial charge in [0.1, 0.15) is 5.75 Å². The molecule has 1 atom stereocenters. The van der Waals surface area contributed by atoms with E-state index in [4.69, 9.17) is 9.84 Å². The number of ether oxygens (including phenoxy) is 1. The Kier molecular flexibility index (Phi) is 4.10. The van der Waals surface area contributed by atoms with Gasteiger partial charge < -0.3 is 9.64 Å². The van der Waals surface area contributed by atoms with Gasteiger partial charge in [0.25, 0.3) is 0 Å². The number of quaternary nitrogens is 1. The summed E-state index contributed by atoms with van der Waals surface area (Å²) >= 11 is 0. The van der Waals surface area contributed by atoms with Gasteiger partial charge in [-0.15, -0.1) is 0 Å². The van der Waals surface area contributed by atoms with Crippen LogP contribution in [0.1, 0.15) is 43.4 Å². The van der Waals surface area contributed by atoms with E-state index < -0.39 is 0 Å². The summed E-state index contributed by atoms with van der Waals surface area (Å²) in [7, 11) is 0. The molecule has 0 amide bonds. The highest BCUT2D eigenvalue weighted by Gasteiger charge is 2.52. The molecule has 6 rings (SSSR count). The lowest BCUT2D eigenvalue weighted by Gasteiger charge is -2.50. The summed E-state index contributed by atoms with van der Waals surface area (Å²) < 4.78 is 6.73. The van der Waals surface area contributed by atoms with Crippen LogP contribution >= 0.6 is 0 Å². The fourth-order valence-corrected chi connectivity index (χ4v) is 5.45. The molecule has 0 saturated carbocycles. The van der Waals surface area contributed by atoms with E-state index in [1.54, 1.807) is 4.90 Å². The van der Waals surface area contributed by atoms with Gasteiger partial charge in [0.2, 0.25) is 5.72 Å². The van der Waals surface area contributed by atoms with Gasteiger partial charge in [-0.1, -0.05) is 54.6 Å². The minimum atomic E-state index is -0.309. The average molecular weight is 399 g/mol. The molecule has 152 valence electrons. The van der Waals surface area contributed by atoms with Crippen molar-refractivity contribution in [3.63, 3.8) is 0 Å². The molecule has 3 aliphatic rings. The first-order valence-electron chi connectivity index (χ1n) is 11.2. The van der Waals surface area contributed by atoms with Gasteiger partial charge in [0, 0.05) is 12.0 Å². The van der Waals surface area contributed by atoms with Gasteiger partial charge in [0.05, 0.1) is 44.2 Å². The Labute approximate surface area is 177 Å². The zero-order valence-corrected chi connectivity index (χ0v) is 17.5. The number of likely N-dealkylation sites (tertiary alicyclic amines) is 1. The number of para-hydroxylation sites is 1. The zero-order valence-electron chi connectivity index (χ0n) is 17.5. The number of piperidine rings is 1. The van der Waals surface area contributed by atoms with E-state index in [9.17, 15) is 0 Å². The highest BCUT2D eigenvalue weighted by Crippen LogP contribution is 2.49. The van der Waals surface area contributed by atoms with Crippen molar-refractivity contribution in [1.29, 1.82) is 0 Å². The molecular weight excluding hydrogens is 370 g/mol. The Morgan fingerprint density at radius 2 is 1.77 bits per heavy atom. The largest absolute Gasteiger partial charge is 0.466 e. The molecule has 3 heterocycles. The lowest BCUT2D eigenvalue weighted by Crippen LogP contribution is -3.13. The molecule has 30 heavy (non-hydrogen) atoms. The molecule has 4 heteroatoms. The number of nitrogens with zero attached hydrogens (tertiary/aromatic N) is 2. The van der Waals surface area contributed by atoms with E-state index in [2.05, 4.69) is 78.7 Å². The molecule has 0 aliphatic carbocycles. The van der Waals surface area contributed by atoms with Crippen LogP contribution in [0.15, 0.2) is 71.8 Å². The monoisotopic (exact) mass is 398 g/mol. The normalized spacial score (nSPS) is 27.5. The summed E-state index contributed by atoms with van der Waals surface area (Å²) in [5.41, 5.74) is 3.37. The Balaban J connectivity index is 1.41. The van der Waals surface area contributed by atoms with Gasteiger partial charge >= 0.3 is 0 Å². The van der Waals surface area contributed by atoms with Crippen LogP contribution in [0.4, 0.5) is 0 Å². The Morgan fingerprint density at radius 3 is 2.60 bits per heavy atom. The van der Waals surface area contributed by atoms with Crippen LogP contribution in [-0.4, -0.2) is 36.1 Å². The van der Waals surface area contributed by atoms with Crippen molar-refractivity contribution in [2.24, 2.45) is 5.10 Å². The number of fused-ring (bicyclic) bond motifs is 5. The molecule has 1 N–H and O–H groups in total. The smallest absolute Gasteiger partial charge is 0.208 e. The minimum absolute atomic E-state index is 0.264. The zero-order chi connectivity index (χ0) is 20.1. The summed E-state index contributed by atoms with van der Waals surface area (Å²) in [6.07, 6.45) is 2.98. The number of rotatable bonds is 2. The fourth-order valence-electron chi connectivity index (χ4n) is 5.45. The lowest BCUT2D eigenvalue weighted by atomic mass is 9.90. The third-order valence-electron chi connectivity index (χ3n) is 7.23. The first kappa shape index (κ1) is 18.0. The predicted octanol–water partition coefficient (Wildman–Crippen LogP) is 3.78. The van der Waals surface area contributed by atoms with Crippen molar-refractivity contribution in [3.05, 3.63) is 77.9 Å². The van der Waals surface area contributed by atoms with Crippen molar-refractivity contribution in [3.8, 4) is 5.75 Å². The molecule has 0 aromatic heterocycles. The van der Waals surface area contributed by atoms with Gasteiger partial charge in [-0.3, -0.25) is 0 Å². The molecule has 0 radical (unpaired) electrons. The van der Waals surface area contributed by atoms with Gasteiger partial charge in [-0.05, 0) is 35.4 Å². The number of hydrogen-bond donors (Lipinski definition) is 1. The molecule has 1 saturated heterocycles. The van der Waals surface area contributed by atoms with Crippen LogP contribution in [0.25, 0.3) is 10.8 Å². The van der Waals surface area contributed by atoms with E-state index in [0.29, 0.717) is 0 Å². The van der Waals surface area contributed by atoms with E-state index in [1.165, 1.54) is 34.2 Å². The number of benzene rings is 3. The number of nitrogens with one attached hydrogen (secondary N) is 1. The lowest BCUT2D eigenvalue weighted by molar-refractivity contribution is -0.906. The maximum Gasteiger partial charge on any atom is 0.208 e. The topological polar surface area (TPSA) is 29.3 Å². The molecule has 0 bridgehead atoms. The molecule has 3 aliphatic heterocycles. The summed E-state index contributed by atoms with van der Waals surface area (Å²) in [5, 5.41) is 10.1. The summed E-state index contributed by atoms with van der Waals surface area (Å²) in [4.78, 5) is 1.66. The van der Waals surface area contributed by atoms with Gasteiger partial charge in [0.15, 0.2) is 0 Å². The van der Waals surface area contributed by atoms with Crippen LogP contribution in [0, 0.1) is 0 Å². The van der Waals surface area contributed by atoms with Crippen molar-refractivity contribution < 1.29 is 9.64 Å². The SMILES string of the molecule is CC[NH+]1CCC2(CC1)Oc1ccccc1[C@@H]1CC(c3ccc4ccccc4c3)=NN12. The second kappa shape index (κ2) is 6.85. The number of hydrazone groups is 1. The van der Waals surface area contributed by atoms with E-state index in [1.807, 2.05) is 0 Å². The maximum atomic E-state index is 6.73. The Bertz CT molecular complexity index is 1130. The molecule has 4 nitrogen and oxygen atoms in total. The van der Waals surface area contributed by atoms with Gasteiger partial charge in [-0.25, -0.2) is 5.01 Å². The second-order valence-electron chi connectivity index (χ2n) is 8.86. The van der Waals surface area contributed by atoms with Crippen molar-refractivity contribution in [1.82, 2.24) is 5.01 Å². The molecule has 0 unspecified atom stereocenters. The van der Waals surface area contributed by atoms with Crippen LogP contribution in [-0.2, 0) is 0 Å². The van der Waals surface area contributed by atoms with Crippen molar-refractivity contribution in [2.75, 3.05) is 19.6 Å². The third-order valence-corrected chi connectivity index (χ3v) is 7.23. The van der Waals surface area contributed by atoms with Crippen molar-refractivity contribution in [2.45, 2.75) is 38.0 Å². The third kappa shape index (κ3) is 2.74. The number of hydrogen-bond acceptors (Lipinski definition) is 3. The fraction of sp³-hybridized carbons (Fsp3) is 0.346. The average Bonchev–Trinajstić information content (AvgIpc) is 3.26.